The average molecular weight is 383 g/mol. The van der Waals surface area contributed by atoms with Crippen molar-refractivity contribution in [3.05, 3.63) is 29.8 Å². The van der Waals surface area contributed by atoms with Crippen molar-refractivity contribution in [1.82, 2.24) is 0 Å². The van der Waals surface area contributed by atoms with Crippen LogP contribution in [0.5, 0.6) is 0 Å². The van der Waals surface area contributed by atoms with Crippen LogP contribution in [-0.4, -0.2) is 25.8 Å². The SMILES string of the molecule is CCCCCCCCC(c1cccc(S)c1)C(OCC)(OCC)OCC. The monoisotopic (exact) mass is 382 g/mol. The third-order valence-corrected chi connectivity index (χ3v) is 4.86. The zero-order valence-electron chi connectivity index (χ0n) is 17.1. The summed E-state index contributed by atoms with van der Waals surface area (Å²) in [5.41, 5.74) is 1.17. The summed E-state index contributed by atoms with van der Waals surface area (Å²) < 4.78 is 18.3. The lowest BCUT2D eigenvalue weighted by Crippen LogP contribution is -2.45. The largest absolute Gasteiger partial charge is 0.327 e. The van der Waals surface area contributed by atoms with Gasteiger partial charge < -0.3 is 14.2 Å². The number of thiol groups is 1. The Morgan fingerprint density at radius 2 is 1.42 bits per heavy atom. The van der Waals surface area contributed by atoms with Crippen LogP contribution in [0.1, 0.15) is 84.1 Å². The lowest BCUT2D eigenvalue weighted by molar-refractivity contribution is -0.389. The van der Waals surface area contributed by atoms with Crippen LogP contribution >= 0.6 is 12.6 Å². The molecule has 1 unspecified atom stereocenters. The fraction of sp³-hybridized carbons (Fsp3) is 0.727. The first-order valence-electron chi connectivity index (χ1n) is 10.3. The molecule has 1 aromatic carbocycles. The molecule has 26 heavy (non-hydrogen) atoms. The third-order valence-electron chi connectivity index (χ3n) is 4.58. The normalized spacial score (nSPS) is 13.1. The standard InChI is InChI=1S/C22H38O3S/c1-5-9-10-11-12-13-17-21(19-15-14-16-20(26)18-19)22(23-6-2,24-7-3)25-8-4/h14-16,18,21,26H,5-13,17H2,1-4H3. The molecule has 150 valence electrons. The summed E-state index contributed by atoms with van der Waals surface area (Å²) >= 11 is 4.53. The number of unbranched alkanes of at least 4 members (excludes halogenated alkanes) is 5. The van der Waals surface area contributed by atoms with E-state index in [-0.39, 0.29) is 5.92 Å². The summed E-state index contributed by atoms with van der Waals surface area (Å²) in [4.78, 5) is 0.953. The number of rotatable bonds is 15. The van der Waals surface area contributed by atoms with Gasteiger partial charge in [-0.25, -0.2) is 0 Å². The molecule has 0 radical (unpaired) electrons. The smallest absolute Gasteiger partial charge is 0.290 e. The minimum Gasteiger partial charge on any atom is -0.327 e. The number of benzene rings is 1. The minimum atomic E-state index is -1.02. The summed E-state index contributed by atoms with van der Waals surface area (Å²) in [6, 6.07) is 8.28. The van der Waals surface area contributed by atoms with Gasteiger partial charge in [-0.1, -0.05) is 57.6 Å². The topological polar surface area (TPSA) is 27.7 Å². The highest BCUT2D eigenvalue weighted by atomic mass is 32.1. The van der Waals surface area contributed by atoms with Gasteiger partial charge in [0.05, 0.1) is 5.92 Å². The molecule has 3 nitrogen and oxygen atoms in total. The third kappa shape index (κ3) is 7.59. The van der Waals surface area contributed by atoms with Gasteiger partial charge in [-0.3, -0.25) is 0 Å². The van der Waals surface area contributed by atoms with E-state index >= 15 is 0 Å². The molecule has 0 spiro atoms. The Labute approximate surface area is 166 Å². The zero-order chi connectivity index (χ0) is 19.3. The van der Waals surface area contributed by atoms with E-state index < -0.39 is 5.97 Å². The molecule has 1 rings (SSSR count). The molecule has 0 saturated carbocycles. The van der Waals surface area contributed by atoms with Crippen LogP contribution in [0.15, 0.2) is 29.2 Å². The van der Waals surface area contributed by atoms with Crippen LogP contribution in [0.3, 0.4) is 0 Å². The Morgan fingerprint density at radius 3 is 1.96 bits per heavy atom. The predicted molar refractivity (Wildman–Crippen MR) is 112 cm³/mol. The molecule has 1 aromatic rings. The van der Waals surface area contributed by atoms with E-state index in [1.807, 2.05) is 32.9 Å². The Hall–Kier alpha value is -0.550. The van der Waals surface area contributed by atoms with Gasteiger partial charge in [0.15, 0.2) is 0 Å². The fourth-order valence-corrected chi connectivity index (χ4v) is 3.68. The van der Waals surface area contributed by atoms with E-state index in [4.69, 9.17) is 14.2 Å². The first-order chi connectivity index (χ1) is 12.6. The second-order valence-electron chi connectivity index (χ2n) is 6.61. The summed E-state index contributed by atoms with van der Waals surface area (Å²) in [5, 5.41) is 0. The van der Waals surface area contributed by atoms with Crippen LogP contribution in [0, 0.1) is 0 Å². The van der Waals surface area contributed by atoms with Crippen molar-refractivity contribution in [3.63, 3.8) is 0 Å². The summed E-state index contributed by atoms with van der Waals surface area (Å²) in [6.45, 7) is 9.87. The molecular formula is C22H38O3S. The minimum absolute atomic E-state index is 0.0284. The van der Waals surface area contributed by atoms with Crippen molar-refractivity contribution >= 4 is 12.6 Å². The van der Waals surface area contributed by atoms with Crippen molar-refractivity contribution in [3.8, 4) is 0 Å². The van der Waals surface area contributed by atoms with Crippen LogP contribution in [0.4, 0.5) is 0 Å². The van der Waals surface area contributed by atoms with E-state index in [1.54, 1.807) is 0 Å². The Balaban J connectivity index is 2.99. The van der Waals surface area contributed by atoms with E-state index in [0.29, 0.717) is 19.8 Å². The Bertz CT molecular complexity index is 461. The van der Waals surface area contributed by atoms with Crippen molar-refractivity contribution in [2.24, 2.45) is 0 Å². The van der Waals surface area contributed by atoms with Crippen molar-refractivity contribution in [2.45, 2.75) is 89.4 Å². The molecule has 0 aliphatic carbocycles. The van der Waals surface area contributed by atoms with Crippen LogP contribution in [0.25, 0.3) is 0 Å². The molecule has 0 saturated heterocycles. The fourth-order valence-electron chi connectivity index (χ4n) is 3.45. The number of ether oxygens (including phenoxy) is 3. The molecule has 4 heteroatoms. The van der Waals surface area contributed by atoms with E-state index in [9.17, 15) is 0 Å². The number of hydrogen-bond acceptors (Lipinski definition) is 4. The number of hydrogen-bond donors (Lipinski definition) is 1. The second kappa shape index (κ2) is 13.6. The predicted octanol–water partition coefficient (Wildman–Crippen LogP) is 6.57. The van der Waals surface area contributed by atoms with Crippen LogP contribution < -0.4 is 0 Å². The zero-order valence-corrected chi connectivity index (χ0v) is 18.0. The van der Waals surface area contributed by atoms with Crippen molar-refractivity contribution < 1.29 is 14.2 Å². The van der Waals surface area contributed by atoms with E-state index in [0.717, 1.165) is 17.7 Å². The molecule has 0 N–H and O–H groups in total. The quantitative estimate of drug-likeness (QED) is 0.211. The van der Waals surface area contributed by atoms with Gasteiger partial charge in [-0.15, -0.1) is 12.6 Å². The maximum absolute atomic E-state index is 6.09. The summed E-state index contributed by atoms with van der Waals surface area (Å²) in [7, 11) is 0. The first kappa shape index (κ1) is 23.5. The second-order valence-corrected chi connectivity index (χ2v) is 7.12. The lowest BCUT2D eigenvalue weighted by atomic mass is 9.90. The highest BCUT2D eigenvalue weighted by Crippen LogP contribution is 2.39. The molecule has 0 fully saturated rings. The molecule has 0 aliphatic rings. The molecule has 0 bridgehead atoms. The van der Waals surface area contributed by atoms with Crippen LogP contribution in [0.2, 0.25) is 0 Å². The maximum Gasteiger partial charge on any atom is 0.290 e. The van der Waals surface area contributed by atoms with E-state index in [2.05, 4.69) is 31.7 Å². The summed E-state index contributed by atoms with van der Waals surface area (Å²) in [6.07, 6.45) is 8.56. The van der Waals surface area contributed by atoms with Gasteiger partial charge in [0, 0.05) is 24.7 Å². The average Bonchev–Trinajstić information content (AvgIpc) is 2.61. The molecule has 0 amide bonds. The first-order valence-corrected chi connectivity index (χ1v) is 10.8. The molecule has 1 atom stereocenters. The van der Waals surface area contributed by atoms with Gasteiger partial charge in [0.25, 0.3) is 5.97 Å². The maximum atomic E-state index is 6.09. The van der Waals surface area contributed by atoms with Gasteiger partial charge in [-0.2, -0.15) is 0 Å². The summed E-state index contributed by atoms with van der Waals surface area (Å²) in [5.74, 6) is -0.996. The Kier molecular flexibility index (Phi) is 12.3. The highest BCUT2D eigenvalue weighted by Gasteiger charge is 2.42. The molecular weight excluding hydrogens is 344 g/mol. The van der Waals surface area contributed by atoms with Gasteiger partial charge in [-0.05, 0) is 44.9 Å². The highest BCUT2D eigenvalue weighted by molar-refractivity contribution is 7.80. The lowest BCUT2D eigenvalue weighted by Gasteiger charge is -2.39. The van der Waals surface area contributed by atoms with Gasteiger partial charge in [0.1, 0.15) is 0 Å². The van der Waals surface area contributed by atoms with Gasteiger partial charge in [0.2, 0.25) is 0 Å². The van der Waals surface area contributed by atoms with Crippen molar-refractivity contribution in [2.75, 3.05) is 19.8 Å². The van der Waals surface area contributed by atoms with E-state index in [1.165, 1.54) is 37.7 Å². The van der Waals surface area contributed by atoms with Gasteiger partial charge >= 0.3 is 0 Å². The van der Waals surface area contributed by atoms with Crippen LogP contribution in [-0.2, 0) is 14.2 Å². The molecule has 0 aromatic heterocycles. The Morgan fingerprint density at radius 1 is 0.846 bits per heavy atom. The van der Waals surface area contributed by atoms with Crippen molar-refractivity contribution in [1.29, 1.82) is 0 Å². The molecule has 0 heterocycles. The molecule has 0 aliphatic heterocycles.